The van der Waals surface area contributed by atoms with E-state index >= 15 is 0 Å². The Hall–Kier alpha value is -2.60. The summed E-state index contributed by atoms with van der Waals surface area (Å²) in [6.45, 7) is 1.32. The van der Waals surface area contributed by atoms with Crippen molar-refractivity contribution in [3.8, 4) is 0 Å². The second-order valence-corrected chi connectivity index (χ2v) is 7.04. The summed E-state index contributed by atoms with van der Waals surface area (Å²) in [6, 6.07) is 14.4. The molecule has 3 N–H and O–H groups in total. The van der Waals surface area contributed by atoms with E-state index in [1.807, 2.05) is 37.2 Å². The van der Waals surface area contributed by atoms with Crippen molar-refractivity contribution in [2.75, 3.05) is 25.5 Å². The SMILES string of the molecule is CN(C)c1cc(CN=C(N)NCCc2cccs2)c2ccccc2n1. The van der Waals surface area contributed by atoms with E-state index in [4.69, 9.17) is 5.73 Å². The lowest BCUT2D eigenvalue weighted by molar-refractivity contribution is 0.857. The number of aliphatic imine (C=N–C) groups is 1. The van der Waals surface area contributed by atoms with Crippen molar-refractivity contribution in [1.29, 1.82) is 0 Å². The van der Waals surface area contributed by atoms with E-state index in [1.165, 1.54) is 4.88 Å². The summed E-state index contributed by atoms with van der Waals surface area (Å²) in [5.74, 6) is 1.40. The topological polar surface area (TPSA) is 66.5 Å². The standard InChI is InChI=1S/C19H23N5S/c1-24(2)18-12-14(16-7-3-4-8-17(16)23-18)13-22-19(20)21-10-9-15-6-5-11-25-15/h3-8,11-12H,9-10,13H2,1-2H3,(H3,20,21,22). The molecule has 3 aromatic rings. The highest BCUT2D eigenvalue weighted by molar-refractivity contribution is 7.09. The third-order valence-electron chi connectivity index (χ3n) is 3.92. The molecule has 6 heteroatoms. The summed E-state index contributed by atoms with van der Waals surface area (Å²) in [5.41, 5.74) is 8.12. The van der Waals surface area contributed by atoms with Crippen LogP contribution in [0.2, 0.25) is 0 Å². The van der Waals surface area contributed by atoms with Crippen LogP contribution < -0.4 is 16.0 Å². The Kier molecular flexibility index (Phi) is 5.50. The third kappa shape index (κ3) is 4.48. The van der Waals surface area contributed by atoms with E-state index in [2.05, 4.69) is 44.9 Å². The Labute approximate surface area is 152 Å². The van der Waals surface area contributed by atoms with Crippen molar-refractivity contribution in [3.63, 3.8) is 0 Å². The van der Waals surface area contributed by atoms with Crippen LogP contribution in [-0.4, -0.2) is 31.6 Å². The van der Waals surface area contributed by atoms with Crippen molar-refractivity contribution in [3.05, 3.63) is 58.3 Å². The van der Waals surface area contributed by atoms with E-state index in [9.17, 15) is 0 Å². The zero-order valence-corrected chi connectivity index (χ0v) is 15.4. The van der Waals surface area contributed by atoms with Crippen molar-refractivity contribution < 1.29 is 0 Å². The number of nitrogens with two attached hydrogens (primary N) is 1. The average Bonchev–Trinajstić information content (AvgIpc) is 3.12. The van der Waals surface area contributed by atoms with Gasteiger partial charge in [-0.3, -0.25) is 0 Å². The normalized spacial score (nSPS) is 11.7. The van der Waals surface area contributed by atoms with Crippen LogP contribution in [0.25, 0.3) is 10.9 Å². The van der Waals surface area contributed by atoms with Gasteiger partial charge in [0.2, 0.25) is 0 Å². The predicted octanol–water partition coefficient (Wildman–Crippen LogP) is 3.01. The molecular weight excluding hydrogens is 330 g/mol. The number of anilines is 1. The molecule has 0 bridgehead atoms. The van der Waals surface area contributed by atoms with Crippen molar-refractivity contribution >= 4 is 34.0 Å². The highest BCUT2D eigenvalue weighted by Crippen LogP contribution is 2.22. The Morgan fingerprint density at radius 1 is 1.24 bits per heavy atom. The number of hydrogen-bond donors (Lipinski definition) is 2. The van der Waals surface area contributed by atoms with Crippen molar-refractivity contribution in [2.45, 2.75) is 13.0 Å². The number of hydrogen-bond acceptors (Lipinski definition) is 4. The summed E-state index contributed by atoms with van der Waals surface area (Å²) in [6.07, 6.45) is 0.955. The number of fused-ring (bicyclic) bond motifs is 1. The van der Waals surface area contributed by atoms with Gasteiger partial charge in [-0.15, -0.1) is 11.3 Å². The fourth-order valence-electron chi connectivity index (χ4n) is 2.59. The van der Waals surface area contributed by atoms with E-state index in [1.54, 1.807) is 11.3 Å². The summed E-state index contributed by atoms with van der Waals surface area (Å²) >= 11 is 1.76. The molecule has 130 valence electrons. The molecule has 1 aromatic carbocycles. The predicted molar refractivity (Wildman–Crippen MR) is 107 cm³/mol. The molecule has 0 aliphatic heterocycles. The van der Waals surface area contributed by atoms with Crippen LogP contribution in [0.1, 0.15) is 10.4 Å². The summed E-state index contributed by atoms with van der Waals surface area (Å²) in [4.78, 5) is 12.5. The molecule has 25 heavy (non-hydrogen) atoms. The van der Waals surface area contributed by atoms with Gasteiger partial charge >= 0.3 is 0 Å². The molecule has 0 radical (unpaired) electrons. The van der Waals surface area contributed by atoms with Gasteiger partial charge in [-0.25, -0.2) is 9.98 Å². The molecule has 3 rings (SSSR count). The van der Waals surface area contributed by atoms with Gasteiger partial charge in [0, 0.05) is 30.9 Å². The van der Waals surface area contributed by atoms with Gasteiger partial charge < -0.3 is 16.0 Å². The van der Waals surface area contributed by atoms with Gasteiger partial charge in [0.15, 0.2) is 5.96 Å². The van der Waals surface area contributed by atoms with Gasteiger partial charge in [-0.05, 0) is 35.6 Å². The molecule has 2 aromatic heterocycles. The van der Waals surface area contributed by atoms with Gasteiger partial charge in [0.05, 0.1) is 12.1 Å². The maximum atomic E-state index is 6.02. The maximum absolute atomic E-state index is 6.02. The molecule has 0 atom stereocenters. The van der Waals surface area contributed by atoms with Crippen LogP contribution in [-0.2, 0) is 13.0 Å². The molecule has 0 amide bonds. The second-order valence-electron chi connectivity index (χ2n) is 6.01. The molecular formula is C19H23N5S. The zero-order chi connectivity index (χ0) is 17.6. The number of nitrogens with one attached hydrogen (secondary N) is 1. The van der Waals surface area contributed by atoms with Crippen LogP contribution in [0.4, 0.5) is 5.82 Å². The largest absolute Gasteiger partial charge is 0.370 e. The molecule has 0 fully saturated rings. The highest BCUT2D eigenvalue weighted by Gasteiger charge is 2.07. The molecule has 0 aliphatic carbocycles. The lowest BCUT2D eigenvalue weighted by atomic mass is 10.1. The Balaban J connectivity index is 1.70. The maximum Gasteiger partial charge on any atom is 0.188 e. The number of aromatic nitrogens is 1. The minimum absolute atomic E-state index is 0.476. The molecule has 5 nitrogen and oxygen atoms in total. The van der Waals surface area contributed by atoms with Crippen LogP contribution in [0.5, 0.6) is 0 Å². The quantitative estimate of drug-likeness (QED) is 0.528. The second kappa shape index (κ2) is 7.98. The lowest BCUT2D eigenvalue weighted by Crippen LogP contribution is -2.33. The first-order valence-corrected chi connectivity index (χ1v) is 9.13. The number of para-hydroxylation sites is 1. The monoisotopic (exact) mass is 353 g/mol. The smallest absolute Gasteiger partial charge is 0.188 e. The molecule has 2 heterocycles. The van der Waals surface area contributed by atoms with E-state index in [0.717, 1.165) is 35.2 Å². The van der Waals surface area contributed by atoms with Crippen LogP contribution in [0, 0.1) is 0 Å². The fourth-order valence-corrected chi connectivity index (χ4v) is 3.30. The number of nitrogens with zero attached hydrogens (tertiary/aromatic N) is 3. The van der Waals surface area contributed by atoms with Gasteiger partial charge in [-0.2, -0.15) is 0 Å². The number of benzene rings is 1. The number of guanidine groups is 1. The first kappa shape index (κ1) is 17.2. The van der Waals surface area contributed by atoms with Crippen molar-refractivity contribution in [1.82, 2.24) is 10.3 Å². The molecule has 0 spiro atoms. The Bertz CT molecular complexity index is 855. The first-order valence-electron chi connectivity index (χ1n) is 8.25. The summed E-state index contributed by atoms with van der Waals surface area (Å²) < 4.78 is 0. The first-order chi connectivity index (χ1) is 12.1. The lowest BCUT2D eigenvalue weighted by Gasteiger charge is -2.14. The molecule has 0 unspecified atom stereocenters. The minimum Gasteiger partial charge on any atom is -0.370 e. The highest BCUT2D eigenvalue weighted by atomic mass is 32.1. The van der Waals surface area contributed by atoms with E-state index in [0.29, 0.717) is 12.5 Å². The van der Waals surface area contributed by atoms with E-state index in [-0.39, 0.29) is 0 Å². The summed E-state index contributed by atoms with van der Waals surface area (Å²) in [7, 11) is 3.98. The van der Waals surface area contributed by atoms with Crippen LogP contribution >= 0.6 is 11.3 Å². The number of pyridine rings is 1. The molecule has 0 saturated carbocycles. The van der Waals surface area contributed by atoms with Gasteiger partial charge in [0.1, 0.15) is 5.82 Å². The fraction of sp³-hybridized carbons (Fsp3) is 0.263. The number of thiophene rings is 1. The van der Waals surface area contributed by atoms with Gasteiger partial charge in [-0.1, -0.05) is 24.3 Å². The molecule has 0 saturated heterocycles. The van der Waals surface area contributed by atoms with E-state index < -0.39 is 0 Å². The van der Waals surface area contributed by atoms with Crippen molar-refractivity contribution in [2.24, 2.45) is 10.7 Å². The third-order valence-corrected chi connectivity index (χ3v) is 4.86. The summed E-state index contributed by atoms with van der Waals surface area (Å²) in [5, 5.41) is 6.39. The molecule has 0 aliphatic rings. The average molecular weight is 353 g/mol. The van der Waals surface area contributed by atoms with Crippen LogP contribution in [0.3, 0.4) is 0 Å². The van der Waals surface area contributed by atoms with Crippen LogP contribution in [0.15, 0.2) is 52.8 Å². The number of rotatable bonds is 6. The minimum atomic E-state index is 0.476. The zero-order valence-electron chi connectivity index (χ0n) is 14.6. The van der Waals surface area contributed by atoms with Gasteiger partial charge in [0.25, 0.3) is 0 Å². The Morgan fingerprint density at radius 3 is 2.84 bits per heavy atom. The Morgan fingerprint density at radius 2 is 2.08 bits per heavy atom.